The molecule has 0 bridgehead atoms. The number of aliphatic carboxylic acids is 1. The Labute approximate surface area is 102 Å². The molecule has 2 amide bonds. The monoisotopic (exact) mass is 260 g/mol. The molecular weight excluding hydrogens is 251 g/mol. The molecular formula is C10H10ClFN2O3. The van der Waals surface area contributed by atoms with Crippen molar-refractivity contribution < 1.29 is 19.1 Å². The van der Waals surface area contributed by atoms with E-state index in [1.807, 2.05) is 0 Å². The third kappa shape index (κ3) is 3.60. The summed E-state index contributed by atoms with van der Waals surface area (Å²) in [6.07, 6.45) is 0. The predicted molar refractivity (Wildman–Crippen MR) is 60.7 cm³/mol. The summed E-state index contributed by atoms with van der Waals surface area (Å²) in [5, 5.41) is 12.7. The highest BCUT2D eigenvalue weighted by Crippen LogP contribution is 2.21. The van der Waals surface area contributed by atoms with Crippen LogP contribution < -0.4 is 10.6 Å². The number of carboxylic acids is 1. The van der Waals surface area contributed by atoms with Crippen molar-refractivity contribution in [3.63, 3.8) is 0 Å². The lowest BCUT2D eigenvalue weighted by atomic mass is 10.3. The fourth-order valence-electron chi connectivity index (χ4n) is 1.02. The van der Waals surface area contributed by atoms with Crippen LogP contribution in [0.15, 0.2) is 18.2 Å². The molecule has 0 aliphatic heterocycles. The van der Waals surface area contributed by atoms with Crippen molar-refractivity contribution in [2.45, 2.75) is 13.0 Å². The molecule has 1 rings (SSSR count). The van der Waals surface area contributed by atoms with Crippen LogP contribution in [-0.2, 0) is 4.79 Å². The first kappa shape index (κ1) is 13.2. The maximum atomic E-state index is 13.4. The summed E-state index contributed by atoms with van der Waals surface area (Å²) in [7, 11) is 0. The maximum Gasteiger partial charge on any atom is 0.325 e. The highest BCUT2D eigenvalue weighted by molar-refractivity contribution is 6.31. The van der Waals surface area contributed by atoms with Crippen LogP contribution in [0.25, 0.3) is 0 Å². The molecule has 0 saturated carbocycles. The number of anilines is 1. The lowest BCUT2D eigenvalue weighted by Crippen LogP contribution is -2.41. The average Bonchev–Trinajstić information content (AvgIpc) is 2.24. The van der Waals surface area contributed by atoms with Crippen molar-refractivity contribution in [1.29, 1.82) is 0 Å². The van der Waals surface area contributed by atoms with E-state index in [0.29, 0.717) is 0 Å². The first-order valence-electron chi connectivity index (χ1n) is 4.66. The maximum absolute atomic E-state index is 13.4. The molecule has 0 aliphatic rings. The van der Waals surface area contributed by atoms with Crippen molar-refractivity contribution in [2.75, 3.05) is 5.32 Å². The van der Waals surface area contributed by atoms with E-state index in [4.69, 9.17) is 16.7 Å². The molecule has 0 fully saturated rings. The van der Waals surface area contributed by atoms with Gasteiger partial charge in [-0.3, -0.25) is 4.79 Å². The average molecular weight is 261 g/mol. The fraction of sp³-hybridized carbons (Fsp3) is 0.200. The lowest BCUT2D eigenvalue weighted by Gasteiger charge is -2.11. The number of hydrogen-bond donors (Lipinski definition) is 3. The van der Waals surface area contributed by atoms with E-state index >= 15 is 0 Å². The third-order valence-electron chi connectivity index (χ3n) is 1.92. The number of rotatable bonds is 3. The van der Waals surface area contributed by atoms with Crippen LogP contribution in [0.2, 0.25) is 5.02 Å². The zero-order valence-electron chi connectivity index (χ0n) is 8.83. The number of carbonyl (C=O) groups excluding carboxylic acids is 1. The van der Waals surface area contributed by atoms with Gasteiger partial charge in [0.1, 0.15) is 6.04 Å². The van der Waals surface area contributed by atoms with Gasteiger partial charge in [0.2, 0.25) is 0 Å². The van der Waals surface area contributed by atoms with Gasteiger partial charge in [0.05, 0.1) is 10.7 Å². The Morgan fingerprint density at radius 3 is 2.71 bits per heavy atom. The van der Waals surface area contributed by atoms with Crippen molar-refractivity contribution in [2.24, 2.45) is 0 Å². The smallest absolute Gasteiger partial charge is 0.325 e. The second-order valence-corrected chi connectivity index (χ2v) is 3.67. The molecule has 0 spiro atoms. The lowest BCUT2D eigenvalue weighted by molar-refractivity contribution is -0.138. The van der Waals surface area contributed by atoms with Gasteiger partial charge in [0.15, 0.2) is 5.82 Å². The van der Waals surface area contributed by atoms with E-state index in [2.05, 4.69) is 10.6 Å². The van der Waals surface area contributed by atoms with Crippen molar-refractivity contribution >= 4 is 29.3 Å². The Balaban J connectivity index is 2.69. The van der Waals surface area contributed by atoms with Gasteiger partial charge in [-0.05, 0) is 19.1 Å². The molecule has 1 unspecified atom stereocenters. The van der Waals surface area contributed by atoms with Gasteiger partial charge in [0.25, 0.3) is 0 Å². The fourth-order valence-corrected chi connectivity index (χ4v) is 1.19. The normalized spacial score (nSPS) is 11.7. The molecule has 0 saturated heterocycles. The molecule has 0 aliphatic carbocycles. The largest absolute Gasteiger partial charge is 0.480 e. The van der Waals surface area contributed by atoms with Gasteiger partial charge < -0.3 is 15.7 Å². The molecule has 1 atom stereocenters. The molecule has 3 N–H and O–H groups in total. The van der Waals surface area contributed by atoms with E-state index in [1.165, 1.54) is 25.1 Å². The van der Waals surface area contributed by atoms with E-state index < -0.39 is 23.9 Å². The molecule has 17 heavy (non-hydrogen) atoms. The number of halogens is 2. The highest BCUT2D eigenvalue weighted by Gasteiger charge is 2.15. The van der Waals surface area contributed by atoms with E-state index in [1.54, 1.807) is 0 Å². The number of amides is 2. The molecule has 1 aromatic rings. The molecule has 1 aromatic carbocycles. The van der Waals surface area contributed by atoms with Crippen LogP contribution in [0, 0.1) is 5.82 Å². The Morgan fingerprint density at radius 1 is 1.47 bits per heavy atom. The zero-order valence-corrected chi connectivity index (χ0v) is 9.58. The number of hydrogen-bond acceptors (Lipinski definition) is 2. The number of nitrogens with one attached hydrogen (secondary N) is 2. The summed E-state index contributed by atoms with van der Waals surface area (Å²) < 4.78 is 13.4. The number of benzene rings is 1. The summed E-state index contributed by atoms with van der Waals surface area (Å²) in [4.78, 5) is 21.8. The predicted octanol–water partition coefficient (Wildman–Crippen LogP) is 2.07. The second kappa shape index (κ2) is 5.49. The zero-order chi connectivity index (χ0) is 13.0. The number of urea groups is 1. The van der Waals surface area contributed by atoms with Crippen LogP contribution in [0.1, 0.15) is 6.92 Å². The van der Waals surface area contributed by atoms with E-state index in [9.17, 15) is 14.0 Å². The molecule has 0 aromatic heterocycles. The van der Waals surface area contributed by atoms with Crippen molar-refractivity contribution in [1.82, 2.24) is 5.32 Å². The van der Waals surface area contributed by atoms with Crippen LogP contribution in [0.3, 0.4) is 0 Å². The molecule has 5 nitrogen and oxygen atoms in total. The summed E-state index contributed by atoms with van der Waals surface area (Å²) >= 11 is 5.51. The summed E-state index contributed by atoms with van der Waals surface area (Å²) in [6.45, 7) is 1.29. The van der Waals surface area contributed by atoms with Gasteiger partial charge in [-0.1, -0.05) is 17.7 Å². The Bertz CT molecular complexity index is 453. The molecule has 7 heteroatoms. The van der Waals surface area contributed by atoms with E-state index in [0.717, 1.165) is 0 Å². The summed E-state index contributed by atoms with van der Waals surface area (Å²) in [5.41, 5.74) is -0.118. The Hall–Kier alpha value is -1.82. The van der Waals surface area contributed by atoms with Gasteiger partial charge in [-0.2, -0.15) is 0 Å². The van der Waals surface area contributed by atoms with Crippen LogP contribution in [-0.4, -0.2) is 23.1 Å². The minimum absolute atomic E-state index is 0.118. The van der Waals surface area contributed by atoms with E-state index in [-0.39, 0.29) is 10.7 Å². The summed E-state index contributed by atoms with van der Waals surface area (Å²) in [6, 6.07) is 2.21. The van der Waals surface area contributed by atoms with Crippen LogP contribution in [0.5, 0.6) is 0 Å². The third-order valence-corrected chi connectivity index (χ3v) is 2.21. The van der Waals surface area contributed by atoms with Crippen LogP contribution >= 0.6 is 11.6 Å². The van der Waals surface area contributed by atoms with Gasteiger partial charge in [0, 0.05) is 0 Å². The van der Waals surface area contributed by atoms with Gasteiger partial charge in [-0.25, -0.2) is 9.18 Å². The first-order chi connectivity index (χ1) is 7.91. The Morgan fingerprint density at radius 2 is 2.12 bits per heavy atom. The number of carbonyl (C=O) groups is 2. The minimum atomic E-state index is -1.19. The standard InChI is InChI=1S/C10H10ClFN2O3/c1-5(9(15)16)13-10(17)14-7-4-2-3-6(11)8(7)12/h2-5H,1H3,(H,15,16)(H2,13,14,17). The molecule has 0 heterocycles. The second-order valence-electron chi connectivity index (χ2n) is 3.26. The topological polar surface area (TPSA) is 78.4 Å². The van der Waals surface area contributed by atoms with Gasteiger partial charge in [-0.15, -0.1) is 0 Å². The quantitative estimate of drug-likeness (QED) is 0.778. The van der Waals surface area contributed by atoms with Crippen LogP contribution in [0.4, 0.5) is 14.9 Å². The number of carboxylic acid groups (broad SMARTS) is 1. The highest BCUT2D eigenvalue weighted by atomic mass is 35.5. The molecule has 92 valence electrons. The minimum Gasteiger partial charge on any atom is -0.480 e. The summed E-state index contributed by atoms with van der Waals surface area (Å²) in [5.74, 6) is -1.96. The van der Waals surface area contributed by atoms with Crippen molar-refractivity contribution in [3.05, 3.63) is 29.0 Å². The molecule has 0 radical (unpaired) electrons. The van der Waals surface area contributed by atoms with Gasteiger partial charge >= 0.3 is 12.0 Å². The first-order valence-corrected chi connectivity index (χ1v) is 5.04. The van der Waals surface area contributed by atoms with Crippen molar-refractivity contribution in [3.8, 4) is 0 Å². The Kier molecular flexibility index (Phi) is 4.28. The SMILES string of the molecule is CC(NC(=O)Nc1cccc(Cl)c1F)C(=O)O.